The zero-order chi connectivity index (χ0) is 8.20. The number of nitrogens with one attached hydrogen (secondary N) is 1. The minimum Gasteiger partial charge on any atom is -1.00 e. The van der Waals surface area contributed by atoms with E-state index >= 15 is 0 Å². The number of hydrogen-bond donors (Lipinski definition) is 1. The van der Waals surface area contributed by atoms with E-state index in [4.69, 9.17) is 0 Å². The molecule has 0 saturated carbocycles. The monoisotopic (exact) mass is 189 g/mol. The summed E-state index contributed by atoms with van der Waals surface area (Å²) >= 11 is 0. The average molecular weight is 189 g/mol. The number of rotatable bonds is 3. The molecule has 62 valence electrons. The molecule has 1 N–H and O–H groups in total. The van der Waals surface area contributed by atoms with Gasteiger partial charge in [-0.2, -0.15) is 0 Å². The fourth-order valence-electron chi connectivity index (χ4n) is 0.486. The molecule has 1 amide bonds. The van der Waals surface area contributed by atoms with Gasteiger partial charge in [0.25, 0.3) is 0 Å². The van der Waals surface area contributed by atoms with Crippen molar-refractivity contribution in [1.82, 2.24) is 5.32 Å². The van der Waals surface area contributed by atoms with Gasteiger partial charge in [-0.3, -0.25) is 4.79 Å². The van der Waals surface area contributed by atoms with E-state index < -0.39 is 21.5 Å². The maximum absolute atomic E-state index is 10.6. The molecule has 0 fully saturated rings. The van der Waals surface area contributed by atoms with Crippen LogP contribution in [0.5, 0.6) is 0 Å². The molecule has 11 heavy (non-hydrogen) atoms. The van der Waals surface area contributed by atoms with Gasteiger partial charge in [-0.1, -0.05) is 0 Å². The SMILES string of the molecule is CCNC(=O)CS(C)(=O)=O.[H-].[Na+]. The van der Waals surface area contributed by atoms with Gasteiger partial charge in [-0.15, -0.1) is 0 Å². The van der Waals surface area contributed by atoms with Gasteiger partial charge in [0, 0.05) is 12.8 Å². The van der Waals surface area contributed by atoms with Gasteiger partial charge < -0.3 is 6.74 Å². The molecular weight excluding hydrogens is 177 g/mol. The van der Waals surface area contributed by atoms with Crippen LogP contribution in [0.15, 0.2) is 0 Å². The Morgan fingerprint density at radius 3 is 2.27 bits per heavy atom. The van der Waals surface area contributed by atoms with Crippen LogP contribution in [0.3, 0.4) is 0 Å². The molecule has 0 aliphatic heterocycles. The smallest absolute Gasteiger partial charge is 1.00 e. The van der Waals surface area contributed by atoms with Gasteiger partial charge in [-0.25, -0.2) is 8.42 Å². The number of carbonyl (C=O) groups excluding carboxylic acids is 1. The average Bonchev–Trinajstić information content (AvgIpc) is 1.59. The first-order valence-electron chi connectivity index (χ1n) is 2.90. The van der Waals surface area contributed by atoms with Crippen LogP contribution >= 0.6 is 0 Å². The molecule has 0 spiro atoms. The molecule has 0 bridgehead atoms. The summed E-state index contributed by atoms with van der Waals surface area (Å²) in [4.78, 5) is 10.6. The summed E-state index contributed by atoms with van der Waals surface area (Å²) in [5.41, 5.74) is 0. The number of sulfone groups is 1. The summed E-state index contributed by atoms with van der Waals surface area (Å²) in [5.74, 6) is -0.856. The third kappa shape index (κ3) is 10.4. The minimum absolute atomic E-state index is 0. The molecule has 0 unspecified atom stereocenters. The van der Waals surface area contributed by atoms with Gasteiger partial charge in [0.2, 0.25) is 5.91 Å². The Bertz CT molecular complexity index is 217. The zero-order valence-electron chi connectivity index (χ0n) is 8.05. The van der Waals surface area contributed by atoms with E-state index in [-0.39, 0.29) is 31.0 Å². The topological polar surface area (TPSA) is 63.2 Å². The summed E-state index contributed by atoms with van der Waals surface area (Å²) in [6, 6.07) is 0. The molecule has 6 heteroatoms. The van der Waals surface area contributed by atoms with Crippen molar-refractivity contribution < 1.29 is 44.2 Å². The molecule has 0 rings (SSSR count). The Balaban J connectivity index is -0.000000405. The minimum atomic E-state index is -3.16. The first-order valence-corrected chi connectivity index (χ1v) is 4.96. The van der Waals surface area contributed by atoms with Crippen LogP contribution in [0.2, 0.25) is 0 Å². The van der Waals surface area contributed by atoms with Crippen LogP contribution in [0.25, 0.3) is 0 Å². The molecule has 0 aromatic rings. The van der Waals surface area contributed by atoms with Crippen molar-refractivity contribution in [2.24, 2.45) is 0 Å². The molecule has 4 nitrogen and oxygen atoms in total. The van der Waals surface area contributed by atoms with E-state index in [9.17, 15) is 13.2 Å². The van der Waals surface area contributed by atoms with E-state index in [0.717, 1.165) is 6.26 Å². The summed E-state index contributed by atoms with van der Waals surface area (Å²) < 4.78 is 20.9. The number of hydrogen-bond acceptors (Lipinski definition) is 3. The van der Waals surface area contributed by atoms with Crippen molar-refractivity contribution in [3.8, 4) is 0 Å². The normalized spacial score (nSPS) is 10.0. The van der Waals surface area contributed by atoms with Crippen LogP contribution in [0.4, 0.5) is 0 Å². The number of carbonyl (C=O) groups is 1. The second kappa shape index (κ2) is 5.99. The fraction of sp³-hybridized carbons (Fsp3) is 0.800. The van der Waals surface area contributed by atoms with E-state index in [1.807, 2.05) is 0 Å². The second-order valence-corrected chi connectivity index (χ2v) is 4.16. The first kappa shape index (κ1) is 14.0. The number of amides is 1. The van der Waals surface area contributed by atoms with Crippen LogP contribution in [-0.2, 0) is 14.6 Å². The van der Waals surface area contributed by atoms with Crippen molar-refractivity contribution >= 4 is 15.7 Å². The third-order valence-electron chi connectivity index (χ3n) is 0.767. The molecule has 0 saturated heterocycles. The molecule has 0 aromatic carbocycles. The molecule has 0 aromatic heterocycles. The molecule has 0 heterocycles. The standard InChI is InChI=1S/C5H11NO3S.Na.H/c1-3-6-5(7)4-10(2,8)9;;/h3-4H2,1-2H3,(H,6,7);;/q;+1;-1. The molecule has 0 aliphatic rings. The van der Waals surface area contributed by atoms with Gasteiger partial charge in [-0.05, 0) is 6.92 Å². The van der Waals surface area contributed by atoms with Crippen molar-refractivity contribution in [1.29, 1.82) is 0 Å². The van der Waals surface area contributed by atoms with Crippen LogP contribution in [0.1, 0.15) is 8.35 Å². The predicted octanol–water partition coefficient (Wildman–Crippen LogP) is -3.72. The Kier molecular flexibility index (Phi) is 7.61. The van der Waals surface area contributed by atoms with Crippen LogP contribution < -0.4 is 34.9 Å². The quantitative estimate of drug-likeness (QED) is 0.464. The molecular formula is C5H12NNaO3S. The third-order valence-corrected chi connectivity index (χ3v) is 1.55. The van der Waals surface area contributed by atoms with Crippen molar-refractivity contribution in [2.45, 2.75) is 6.92 Å². The van der Waals surface area contributed by atoms with Gasteiger partial charge in [0.05, 0.1) is 0 Å². The second-order valence-electron chi connectivity index (χ2n) is 2.02. The van der Waals surface area contributed by atoms with E-state index in [2.05, 4.69) is 5.32 Å². The van der Waals surface area contributed by atoms with Crippen molar-refractivity contribution in [2.75, 3.05) is 18.6 Å². The van der Waals surface area contributed by atoms with Gasteiger partial charge in [0.1, 0.15) is 5.75 Å². The van der Waals surface area contributed by atoms with E-state index in [0.29, 0.717) is 6.54 Å². The Morgan fingerprint density at radius 1 is 1.55 bits per heavy atom. The Labute approximate surface area is 90.4 Å². The molecule has 0 aliphatic carbocycles. The fourth-order valence-corrected chi connectivity index (χ4v) is 1.06. The van der Waals surface area contributed by atoms with E-state index in [1.54, 1.807) is 6.92 Å². The van der Waals surface area contributed by atoms with Crippen LogP contribution in [-0.4, -0.2) is 32.9 Å². The summed E-state index contributed by atoms with van der Waals surface area (Å²) in [5, 5.41) is 2.38. The largest absolute Gasteiger partial charge is 1.00 e. The maximum Gasteiger partial charge on any atom is 1.00 e. The Morgan fingerprint density at radius 2 is 2.00 bits per heavy atom. The summed E-state index contributed by atoms with van der Waals surface area (Å²) in [6.07, 6.45) is 1.03. The zero-order valence-corrected chi connectivity index (χ0v) is 9.86. The van der Waals surface area contributed by atoms with E-state index in [1.165, 1.54) is 0 Å². The summed E-state index contributed by atoms with van der Waals surface area (Å²) in [6.45, 7) is 2.20. The molecule has 0 atom stereocenters. The van der Waals surface area contributed by atoms with Crippen LogP contribution in [0, 0.1) is 0 Å². The maximum atomic E-state index is 10.6. The predicted molar refractivity (Wildman–Crippen MR) is 39.5 cm³/mol. The van der Waals surface area contributed by atoms with Gasteiger partial charge >= 0.3 is 29.6 Å². The Hall–Kier alpha value is 0.420. The van der Waals surface area contributed by atoms with Crippen molar-refractivity contribution in [3.05, 3.63) is 0 Å². The van der Waals surface area contributed by atoms with Crippen molar-refractivity contribution in [3.63, 3.8) is 0 Å². The van der Waals surface area contributed by atoms with Gasteiger partial charge in [0.15, 0.2) is 9.84 Å². The molecule has 0 radical (unpaired) electrons. The summed E-state index contributed by atoms with van der Waals surface area (Å²) in [7, 11) is -3.16. The first-order chi connectivity index (χ1) is 4.45.